The van der Waals surface area contributed by atoms with Gasteiger partial charge in [0.05, 0.1) is 6.54 Å². The number of thiophene rings is 1. The van der Waals surface area contributed by atoms with E-state index >= 15 is 0 Å². The molecule has 1 aromatic heterocycles. The maximum Gasteiger partial charge on any atom is 0.238 e. The Kier molecular flexibility index (Phi) is 5.32. The monoisotopic (exact) mass is 288 g/mol. The Morgan fingerprint density at radius 1 is 1.30 bits per heavy atom. The number of rotatable bonds is 6. The lowest BCUT2D eigenvalue weighted by molar-refractivity contribution is -0.115. The first-order valence-corrected chi connectivity index (χ1v) is 7.70. The number of hydrogen-bond acceptors (Lipinski definition) is 3. The molecule has 2 rings (SSSR count). The van der Waals surface area contributed by atoms with E-state index < -0.39 is 0 Å². The fourth-order valence-corrected chi connectivity index (χ4v) is 2.97. The summed E-state index contributed by atoms with van der Waals surface area (Å²) in [4.78, 5) is 13.2. The minimum atomic E-state index is -0.00870. The second-order valence-corrected chi connectivity index (χ2v) is 5.75. The van der Waals surface area contributed by atoms with Crippen molar-refractivity contribution in [1.29, 1.82) is 0 Å². The summed E-state index contributed by atoms with van der Waals surface area (Å²) in [7, 11) is 0. The van der Waals surface area contributed by atoms with Crippen LogP contribution in [-0.4, -0.2) is 12.5 Å². The first-order chi connectivity index (χ1) is 9.69. The number of hydrogen-bond donors (Lipinski definition) is 2. The maximum atomic E-state index is 11.9. The smallest absolute Gasteiger partial charge is 0.238 e. The van der Waals surface area contributed by atoms with Gasteiger partial charge in [-0.2, -0.15) is 0 Å². The molecule has 1 amide bonds. The predicted molar refractivity (Wildman–Crippen MR) is 85.2 cm³/mol. The zero-order valence-corrected chi connectivity index (χ0v) is 12.7. The van der Waals surface area contributed by atoms with E-state index in [-0.39, 0.29) is 11.9 Å². The molecule has 20 heavy (non-hydrogen) atoms. The van der Waals surface area contributed by atoms with Crippen LogP contribution in [0.3, 0.4) is 0 Å². The maximum absolute atomic E-state index is 11.9. The lowest BCUT2D eigenvalue weighted by Gasteiger charge is -2.15. The third kappa shape index (κ3) is 4.18. The Balaban J connectivity index is 1.85. The number of anilines is 1. The molecule has 1 heterocycles. The van der Waals surface area contributed by atoms with Gasteiger partial charge in [-0.1, -0.05) is 25.1 Å². The van der Waals surface area contributed by atoms with Gasteiger partial charge in [0.25, 0.3) is 0 Å². The lowest BCUT2D eigenvalue weighted by Crippen LogP contribution is -2.30. The van der Waals surface area contributed by atoms with Crippen LogP contribution in [0.4, 0.5) is 5.69 Å². The van der Waals surface area contributed by atoms with Gasteiger partial charge in [-0.3, -0.25) is 4.79 Å². The molecular weight excluding hydrogens is 268 g/mol. The molecule has 1 aromatic carbocycles. The predicted octanol–water partition coefficient (Wildman–Crippen LogP) is 3.74. The summed E-state index contributed by atoms with van der Waals surface area (Å²) < 4.78 is 0. The fraction of sp³-hybridized carbons (Fsp3) is 0.312. The fourth-order valence-electron chi connectivity index (χ4n) is 2.08. The number of benzene rings is 1. The molecule has 1 unspecified atom stereocenters. The van der Waals surface area contributed by atoms with Gasteiger partial charge < -0.3 is 10.6 Å². The molecule has 0 saturated heterocycles. The van der Waals surface area contributed by atoms with Crippen molar-refractivity contribution in [1.82, 2.24) is 5.32 Å². The van der Waals surface area contributed by atoms with Crippen molar-refractivity contribution in [2.45, 2.75) is 26.3 Å². The summed E-state index contributed by atoms with van der Waals surface area (Å²) in [6, 6.07) is 12.2. The minimum absolute atomic E-state index is 0.00870. The average Bonchev–Trinajstić information content (AvgIpc) is 2.93. The number of carbonyl (C=O) groups is 1. The summed E-state index contributed by atoms with van der Waals surface area (Å²) in [5.41, 5.74) is 1.99. The van der Waals surface area contributed by atoms with E-state index in [4.69, 9.17) is 0 Å². The van der Waals surface area contributed by atoms with Gasteiger partial charge in [-0.05, 0) is 42.5 Å². The van der Waals surface area contributed by atoms with Gasteiger partial charge >= 0.3 is 0 Å². The number of carbonyl (C=O) groups excluding carboxylic acids is 1. The van der Waals surface area contributed by atoms with Crippen molar-refractivity contribution in [2.75, 3.05) is 11.9 Å². The van der Waals surface area contributed by atoms with Gasteiger partial charge in [0, 0.05) is 16.6 Å². The molecule has 0 aliphatic carbocycles. The van der Waals surface area contributed by atoms with Crippen LogP contribution in [0.25, 0.3) is 0 Å². The lowest BCUT2D eigenvalue weighted by atomic mass is 10.2. The topological polar surface area (TPSA) is 41.1 Å². The summed E-state index contributed by atoms with van der Waals surface area (Å²) in [5, 5.41) is 8.28. The zero-order chi connectivity index (χ0) is 14.4. The van der Waals surface area contributed by atoms with Crippen LogP contribution in [-0.2, 0) is 4.79 Å². The van der Waals surface area contributed by atoms with Crippen molar-refractivity contribution in [3.63, 3.8) is 0 Å². The van der Waals surface area contributed by atoms with Gasteiger partial charge in [0.15, 0.2) is 0 Å². The highest BCUT2D eigenvalue weighted by Crippen LogP contribution is 2.21. The van der Waals surface area contributed by atoms with Crippen molar-refractivity contribution in [3.05, 3.63) is 52.2 Å². The van der Waals surface area contributed by atoms with E-state index in [1.165, 1.54) is 4.88 Å². The molecule has 3 nitrogen and oxygen atoms in total. The van der Waals surface area contributed by atoms with Gasteiger partial charge in [0.2, 0.25) is 5.91 Å². The van der Waals surface area contributed by atoms with Crippen LogP contribution in [0.15, 0.2) is 41.8 Å². The Morgan fingerprint density at radius 3 is 2.80 bits per heavy atom. The molecule has 0 spiro atoms. The van der Waals surface area contributed by atoms with Crippen molar-refractivity contribution in [3.8, 4) is 0 Å². The molecule has 0 radical (unpaired) electrons. The van der Waals surface area contributed by atoms with Crippen LogP contribution in [0, 0.1) is 6.92 Å². The van der Waals surface area contributed by atoms with Gasteiger partial charge in [-0.15, -0.1) is 11.3 Å². The molecule has 106 valence electrons. The molecular formula is C16H20N2OS. The van der Waals surface area contributed by atoms with Crippen molar-refractivity contribution < 1.29 is 4.79 Å². The Morgan fingerprint density at radius 2 is 2.15 bits per heavy atom. The molecule has 0 aliphatic heterocycles. The SMILES string of the molecule is CCC(NCC(=O)Nc1cccc(C)c1)c1cccs1. The highest BCUT2D eigenvalue weighted by atomic mass is 32.1. The molecule has 2 aromatic rings. The standard InChI is InChI=1S/C16H20N2OS/c1-3-14(15-8-5-9-20-15)17-11-16(19)18-13-7-4-6-12(2)10-13/h4-10,14,17H,3,11H2,1-2H3,(H,18,19). The van der Waals surface area contributed by atoms with E-state index in [2.05, 4.69) is 29.0 Å². The summed E-state index contributed by atoms with van der Waals surface area (Å²) >= 11 is 1.72. The van der Waals surface area contributed by atoms with E-state index in [1.807, 2.05) is 37.3 Å². The van der Waals surface area contributed by atoms with Crippen LogP contribution >= 0.6 is 11.3 Å². The number of amides is 1. The van der Waals surface area contributed by atoms with Crippen LogP contribution < -0.4 is 10.6 Å². The first-order valence-electron chi connectivity index (χ1n) is 6.82. The normalized spacial score (nSPS) is 12.1. The highest BCUT2D eigenvalue weighted by molar-refractivity contribution is 7.10. The Labute approximate surface area is 124 Å². The van der Waals surface area contributed by atoms with Gasteiger partial charge in [-0.25, -0.2) is 0 Å². The molecule has 0 fully saturated rings. The first kappa shape index (κ1) is 14.8. The summed E-state index contributed by atoms with van der Waals surface area (Å²) in [6.07, 6.45) is 0.970. The second-order valence-electron chi connectivity index (χ2n) is 4.77. The highest BCUT2D eigenvalue weighted by Gasteiger charge is 2.11. The number of aryl methyl sites for hydroxylation is 1. The van der Waals surface area contributed by atoms with Crippen molar-refractivity contribution in [2.24, 2.45) is 0 Å². The van der Waals surface area contributed by atoms with E-state index in [9.17, 15) is 4.79 Å². The summed E-state index contributed by atoms with van der Waals surface area (Å²) in [6.45, 7) is 4.46. The average molecular weight is 288 g/mol. The third-order valence-electron chi connectivity index (χ3n) is 3.11. The quantitative estimate of drug-likeness (QED) is 0.850. The van der Waals surface area contributed by atoms with Crippen LogP contribution in [0.5, 0.6) is 0 Å². The molecule has 1 atom stereocenters. The van der Waals surface area contributed by atoms with E-state index in [1.54, 1.807) is 11.3 Å². The number of nitrogens with one attached hydrogen (secondary N) is 2. The van der Waals surface area contributed by atoms with Crippen LogP contribution in [0.2, 0.25) is 0 Å². The Hall–Kier alpha value is -1.65. The largest absolute Gasteiger partial charge is 0.325 e. The van der Waals surface area contributed by atoms with E-state index in [0.717, 1.165) is 17.7 Å². The Bertz CT molecular complexity index is 551. The zero-order valence-electron chi connectivity index (χ0n) is 11.8. The molecule has 0 aliphatic rings. The minimum Gasteiger partial charge on any atom is -0.325 e. The molecule has 4 heteroatoms. The second kappa shape index (κ2) is 7.22. The molecule has 2 N–H and O–H groups in total. The van der Waals surface area contributed by atoms with Gasteiger partial charge in [0.1, 0.15) is 0 Å². The van der Waals surface area contributed by atoms with E-state index in [0.29, 0.717) is 6.54 Å². The van der Waals surface area contributed by atoms with Crippen LogP contribution in [0.1, 0.15) is 29.8 Å². The van der Waals surface area contributed by atoms with Crippen molar-refractivity contribution >= 4 is 22.9 Å². The summed E-state index contributed by atoms with van der Waals surface area (Å²) in [5.74, 6) is -0.00870. The molecule has 0 bridgehead atoms. The third-order valence-corrected chi connectivity index (χ3v) is 4.09. The molecule has 0 saturated carbocycles.